The van der Waals surface area contributed by atoms with Gasteiger partial charge in [0.15, 0.2) is 5.78 Å². The Kier molecular flexibility index (Phi) is 5.62. The zero-order valence-electron chi connectivity index (χ0n) is 12.7. The highest BCUT2D eigenvalue weighted by Gasteiger charge is 2.33. The Morgan fingerprint density at radius 1 is 1.00 bits per heavy atom. The van der Waals surface area contributed by atoms with Gasteiger partial charge in [-0.25, -0.2) is 9.18 Å². The SMILES string of the molecule is COC(=O)C(=O)C(N=Nc1ccccc1)C(=O)c1ccc(F)cc1. The van der Waals surface area contributed by atoms with Crippen molar-refractivity contribution in [1.82, 2.24) is 0 Å². The third kappa shape index (κ3) is 4.16. The second-order valence-corrected chi connectivity index (χ2v) is 4.68. The molecule has 0 aliphatic carbocycles. The quantitative estimate of drug-likeness (QED) is 0.268. The summed E-state index contributed by atoms with van der Waals surface area (Å²) in [6.45, 7) is 0. The number of Topliss-reactive ketones (excluding diaryl/α,β-unsaturated/α-hetero) is 2. The van der Waals surface area contributed by atoms with Crippen molar-refractivity contribution in [3.05, 3.63) is 66.0 Å². The number of ether oxygens (including phenoxy) is 1. The molecule has 0 bridgehead atoms. The van der Waals surface area contributed by atoms with E-state index in [1.807, 2.05) is 0 Å². The van der Waals surface area contributed by atoms with Crippen molar-refractivity contribution < 1.29 is 23.5 Å². The molecule has 0 amide bonds. The van der Waals surface area contributed by atoms with Crippen molar-refractivity contribution in [1.29, 1.82) is 0 Å². The van der Waals surface area contributed by atoms with Gasteiger partial charge in [0, 0.05) is 5.56 Å². The molecule has 0 N–H and O–H groups in total. The molecule has 7 heteroatoms. The Hall–Kier alpha value is -3.22. The summed E-state index contributed by atoms with van der Waals surface area (Å²) < 4.78 is 17.3. The average Bonchev–Trinajstić information content (AvgIpc) is 2.62. The van der Waals surface area contributed by atoms with Crippen molar-refractivity contribution in [2.24, 2.45) is 10.2 Å². The fourth-order valence-corrected chi connectivity index (χ4v) is 1.83. The third-order valence-corrected chi connectivity index (χ3v) is 3.06. The van der Waals surface area contributed by atoms with E-state index in [4.69, 9.17) is 0 Å². The van der Waals surface area contributed by atoms with E-state index in [0.717, 1.165) is 19.2 Å². The minimum Gasteiger partial charge on any atom is -0.463 e. The molecule has 24 heavy (non-hydrogen) atoms. The van der Waals surface area contributed by atoms with Gasteiger partial charge in [0.2, 0.25) is 6.04 Å². The number of esters is 1. The number of carbonyl (C=O) groups is 3. The van der Waals surface area contributed by atoms with E-state index in [-0.39, 0.29) is 5.56 Å². The molecular formula is C17H13FN2O4. The van der Waals surface area contributed by atoms with Crippen LogP contribution in [0.3, 0.4) is 0 Å². The predicted octanol–water partition coefficient (Wildman–Crippen LogP) is 2.90. The van der Waals surface area contributed by atoms with Gasteiger partial charge in [0.1, 0.15) is 5.82 Å². The summed E-state index contributed by atoms with van der Waals surface area (Å²) in [6.07, 6.45) is 0. The van der Waals surface area contributed by atoms with Crippen LogP contribution in [0.4, 0.5) is 10.1 Å². The maximum atomic E-state index is 13.0. The Morgan fingerprint density at radius 2 is 1.62 bits per heavy atom. The number of azo groups is 1. The summed E-state index contributed by atoms with van der Waals surface area (Å²) in [6, 6.07) is 11.3. The molecule has 0 aromatic heterocycles. The molecule has 2 aromatic rings. The van der Waals surface area contributed by atoms with Crippen LogP contribution in [0.1, 0.15) is 10.4 Å². The number of nitrogens with zero attached hydrogens (tertiary/aromatic N) is 2. The first kappa shape index (κ1) is 17.1. The van der Waals surface area contributed by atoms with Crippen molar-refractivity contribution in [3.8, 4) is 0 Å². The molecule has 0 aliphatic rings. The lowest BCUT2D eigenvalue weighted by atomic mass is 10.0. The van der Waals surface area contributed by atoms with Crippen LogP contribution in [0, 0.1) is 5.82 Å². The molecule has 2 aromatic carbocycles. The molecule has 1 atom stereocenters. The Balaban J connectivity index is 2.33. The Morgan fingerprint density at radius 3 is 2.21 bits per heavy atom. The lowest BCUT2D eigenvalue weighted by molar-refractivity contribution is -0.151. The topological polar surface area (TPSA) is 85.2 Å². The van der Waals surface area contributed by atoms with Crippen LogP contribution in [0.2, 0.25) is 0 Å². The van der Waals surface area contributed by atoms with Gasteiger partial charge in [0.05, 0.1) is 12.8 Å². The smallest absolute Gasteiger partial charge is 0.377 e. The number of rotatable bonds is 6. The zero-order valence-corrected chi connectivity index (χ0v) is 12.7. The summed E-state index contributed by atoms with van der Waals surface area (Å²) in [5, 5.41) is 7.50. The van der Waals surface area contributed by atoms with Gasteiger partial charge in [-0.3, -0.25) is 9.59 Å². The van der Waals surface area contributed by atoms with E-state index in [2.05, 4.69) is 15.0 Å². The van der Waals surface area contributed by atoms with Crippen LogP contribution in [-0.4, -0.2) is 30.7 Å². The standard InChI is InChI=1S/C17H13FN2O4/c1-24-17(23)16(22)14(20-19-13-5-3-2-4-6-13)15(21)11-7-9-12(18)10-8-11/h2-10,14H,1H3. The van der Waals surface area contributed by atoms with E-state index in [0.29, 0.717) is 5.69 Å². The number of ketones is 2. The summed E-state index contributed by atoms with van der Waals surface area (Å²) in [7, 11) is 1.02. The van der Waals surface area contributed by atoms with Gasteiger partial charge in [-0.05, 0) is 36.4 Å². The first-order chi connectivity index (χ1) is 11.5. The fraction of sp³-hybridized carbons (Fsp3) is 0.118. The minimum absolute atomic E-state index is 0.0330. The van der Waals surface area contributed by atoms with Crippen molar-refractivity contribution in [2.75, 3.05) is 7.11 Å². The van der Waals surface area contributed by atoms with Crippen LogP contribution in [-0.2, 0) is 14.3 Å². The van der Waals surface area contributed by atoms with Crippen LogP contribution in [0.5, 0.6) is 0 Å². The highest BCUT2D eigenvalue weighted by Crippen LogP contribution is 2.15. The molecule has 1 unspecified atom stereocenters. The molecule has 0 saturated heterocycles. The molecule has 0 saturated carbocycles. The van der Waals surface area contributed by atoms with Crippen LogP contribution in [0.15, 0.2) is 64.8 Å². The van der Waals surface area contributed by atoms with E-state index < -0.39 is 29.4 Å². The summed E-state index contributed by atoms with van der Waals surface area (Å²) in [5.41, 5.74) is 0.442. The number of carbonyl (C=O) groups excluding carboxylic acids is 3. The minimum atomic E-state index is -1.69. The molecule has 0 spiro atoms. The van der Waals surface area contributed by atoms with Gasteiger partial charge >= 0.3 is 5.97 Å². The second-order valence-electron chi connectivity index (χ2n) is 4.68. The van der Waals surface area contributed by atoms with Crippen molar-refractivity contribution >= 4 is 23.2 Å². The number of halogens is 1. The maximum Gasteiger partial charge on any atom is 0.377 e. The lowest BCUT2D eigenvalue weighted by Crippen LogP contribution is -2.34. The number of methoxy groups -OCH3 is 1. The summed E-state index contributed by atoms with van der Waals surface area (Å²) in [5.74, 6) is -3.66. The summed E-state index contributed by atoms with van der Waals surface area (Å²) in [4.78, 5) is 36.0. The maximum absolute atomic E-state index is 13.0. The Labute approximate surface area is 137 Å². The Bertz CT molecular complexity index is 773. The number of hydrogen-bond acceptors (Lipinski definition) is 6. The van der Waals surface area contributed by atoms with Gasteiger partial charge in [0.25, 0.3) is 5.78 Å². The molecule has 2 rings (SSSR count). The zero-order chi connectivity index (χ0) is 17.5. The average molecular weight is 328 g/mol. The normalized spacial score (nSPS) is 11.9. The predicted molar refractivity (Wildman–Crippen MR) is 82.5 cm³/mol. The molecule has 6 nitrogen and oxygen atoms in total. The second kappa shape index (κ2) is 7.87. The van der Waals surface area contributed by atoms with Gasteiger partial charge < -0.3 is 4.74 Å². The van der Waals surface area contributed by atoms with Gasteiger partial charge in [-0.15, -0.1) is 0 Å². The molecule has 0 radical (unpaired) electrons. The molecule has 0 fully saturated rings. The van der Waals surface area contributed by atoms with Crippen LogP contribution < -0.4 is 0 Å². The first-order valence-corrected chi connectivity index (χ1v) is 6.90. The van der Waals surface area contributed by atoms with Crippen LogP contribution in [0.25, 0.3) is 0 Å². The fourth-order valence-electron chi connectivity index (χ4n) is 1.83. The monoisotopic (exact) mass is 328 g/mol. The largest absolute Gasteiger partial charge is 0.463 e. The molecule has 0 heterocycles. The van der Waals surface area contributed by atoms with E-state index >= 15 is 0 Å². The van der Waals surface area contributed by atoms with E-state index in [1.54, 1.807) is 30.3 Å². The third-order valence-electron chi connectivity index (χ3n) is 3.06. The highest BCUT2D eigenvalue weighted by molar-refractivity contribution is 6.41. The van der Waals surface area contributed by atoms with Gasteiger partial charge in [-0.1, -0.05) is 18.2 Å². The number of benzene rings is 2. The highest BCUT2D eigenvalue weighted by atomic mass is 19.1. The lowest BCUT2D eigenvalue weighted by Gasteiger charge is -2.08. The van der Waals surface area contributed by atoms with E-state index in [1.165, 1.54) is 12.1 Å². The van der Waals surface area contributed by atoms with E-state index in [9.17, 15) is 18.8 Å². The summed E-state index contributed by atoms with van der Waals surface area (Å²) >= 11 is 0. The molecule has 0 aliphatic heterocycles. The van der Waals surface area contributed by atoms with Crippen molar-refractivity contribution in [3.63, 3.8) is 0 Å². The first-order valence-electron chi connectivity index (χ1n) is 6.90. The van der Waals surface area contributed by atoms with Crippen molar-refractivity contribution in [2.45, 2.75) is 6.04 Å². The number of hydrogen-bond donors (Lipinski definition) is 0. The van der Waals surface area contributed by atoms with Crippen LogP contribution >= 0.6 is 0 Å². The molecule has 122 valence electrons. The molecular weight excluding hydrogens is 315 g/mol. The van der Waals surface area contributed by atoms with Gasteiger partial charge in [-0.2, -0.15) is 10.2 Å².